The van der Waals surface area contributed by atoms with E-state index in [0.717, 1.165) is 22.3 Å². The first-order valence-corrected chi connectivity index (χ1v) is 12.4. The SMILES string of the molecule is C=C(C)c1ccccc1C(=CC)C(=O)NC(Cc1ccccc1)C(=O)NC(C)C(=O)NC(C=O)C(C)C. The van der Waals surface area contributed by atoms with Crippen molar-refractivity contribution in [3.8, 4) is 0 Å². The Labute approximate surface area is 219 Å². The number of hydrogen-bond donors (Lipinski definition) is 3. The molecule has 0 aliphatic heterocycles. The first-order valence-electron chi connectivity index (χ1n) is 12.4. The fraction of sp³-hybridized carbons (Fsp3) is 0.333. The Morgan fingerprint density at radius 3 is 2.00 bits per heavy atom. The first kappa shape index (κ1) is 29.2. The molecule has 2 aromatic rings. The maximum Gasteiger partial charge on any atom is 0.252 e. The first-order chi connectivity index (χ1) is 17.6. The highest BCUT2D eigenvalue weighted by Gasteiger charge is 2.27. The van der Waals surface area contributed by atoms with Crippen LogP contribution < -0.4 is 16.0 Å². The molecule has 0 bridgehead atoms. The van der Waals surface area contributed by atoms with Crippen molar-refractivity contribution in [1.29, 1.82) is 0 Å². The summed E-state index contributed by atoms with van der Waals surface area (Å²) < 4.78 is 0. The van der Waals surface area contributed by atoms with Crippen LogP contribution >= 0.6 is 0 Å². The number of nitrogens with one attached hydrogen (secondary N) is 3. The Balaban J connectivity index is 2.27. The van der Waals surface area contributed by atoms with E-state index in [-0.39, 0.29) is 12.3 Å². The van der Waals surface area contributed by atoms with Crippen LogP contribution in [0.15, 0.2) is 67.3 Å². The summed E-state index contributed by atoms with van der Waals surface area (Å²) in [6.07, 6.45) is 2.61. The van der Waals surface area contributed by atoms with Gasteiger partial charge >= 0.3 is 0 Å². The average molecular weight is 504 g/mol. The number of amides is 3. The Bertz CT molecular complexity index is 1150. The zero-order valence-electron chi connectivity index (χ0n) is 22.2. The number of carbonyl (C=O) groups excluding carboxylic acids is 4. The van der Waals surface area contributed by atoms with Crippen LogP contribution in [0.4, 0.5) is 0 Å². The van der Waals surface area contributed by atoms with E-state index in [4.69, 9.17) is 0 Å². The smallest absolute Gasteiger partial charge is 0.252 e. The number of hydrogen-bond acceptors (Lipinski definition) is 4. The van der Waals surface area contributed by atoms with Gasteiger partial charge in [0.05, 0.1) is 6.04 Å². The van der Waals surface area contributed by atoms with Gasteiger partial charge in [-0.2, -0.15) is 0 Å². The summed E-state index contributed by atoms with van der Waals surface area (Å²) in [5.41, 5.74) is 3.65. The number of allylic oxidation sites excluding steroid dienone is 2. The molecule has 3 N–H and O–H groups in total. The van der Waals surface area contributed by atoms with E-state index in [0.29, 0.717) is 11.9 Å². The lowest BCUT2D eigenvalue weighted by Crippen LogP contribution is -2.55. The van der Waals surface area contributed by atoms with Crippen molar-refractivity contribution >= 4 is 35.2 Å². The fourth-order valence-electron chi connectivity index (χ4n) is 3.82. The second-order valence-electron chi connectivity index (χ2n) is 9.39. The summed E-state index contributed by atoms with van der Waals surface area (Å²) in [5.74, 6) is -1.48. The van der Waals surface area contributed by atoms with Crippen LogP contribution in [0.25, 0.3) is 11.1 Å². The van der Waals surface area contributed by atoms with Gasteiger partial charge in [0.1, 0.15) is 18.4 Å². The molecule has 196 valence electrons. The molecular weight excluding hydrogens is 466 g/mol. The largest absolute Gasteiger partial charge is 0.345 e. The highest BCUT2D eigenvalue weighted by Crippen LogP contribution is 2.25. The van der Waals surface area contributed by atoms with Gasteiger partial charge in [-0.15, -0.1) is 0 Å². The third-order valence-electron chi connectivity index (χ3n) is 6.04. The predicted octanol–water partition coefficient (Wildman–Crippen LogP) is 3.69. The van der Waals surface area contributed by atoms with Gasteiger partial charge < -0.3 is 20.7 Å². The van der Waals surface area contributed by atoms with Crippen LogP contribution in [0, 0.1) is 5.92 Å². The molecule has 7 nitrogen and oxygen atoms in total. The molecule has 0 saturated heterocycles. The second kappa shape index (κ2) is 13.9. The molecule has 2 aromatic carbocycles. The third kappa shape index (κ3) is 8.27. The standard InChI is InChI=1S/C30H37N3O4/c1-7-23(25-16-12-11-15-24(25)19(2)3)29(36)32-26(17-22-13-9-8-10-14-22)30(37)31-21(6)28(35)33-27(18-34)20(4)5/h7-16,18,20-21,26-27H,2,17H2,1,3-6H3,(H,31,37)(H,32,36)(H,33,35). The molecule has 0 spiro atoms. The minimum absolute atomic E-state index is 0.0872. The van der Waals surface area contributed by atoms with Gasteiger partial charge in [-0.3, -0.25) is 14.4 Å². The quantitative estimate of drug-likeness (QED) is 0.303. The molecule has 0 radical (unpaired) electrons. The van der Waals surface area contributed by atoms with Crippen LogP contribution in [0.2, 0.25) is 0 Å². The van der Waals surface area contributed by atoms with Crippen molar-refractivity contribution in [2.45, 2.75) is 59.2 Å². The summed E-state index contributed by atoms with van der Waals surface area (Å²) in [4.78, 5) is 50.6. The third-order valence-corrected chi connectivity index (χ3v) is 6.04. The Morgan fingerprint density at radius 1 is 0.865 bits per heavy atom. The zero-order chi connectivity index (χ0) is 27.5. The van der Waals surface area contributed by atoms with Gasteiger partial charge in [0, 0.05) is 12.0 Å². The van der Waals surface area contributed by atoms with Crippen molar-refractivity contribution in [3.05, 3.63) is 83.9 Å². The lowest BCUT2D eigenvalue weighted by Gasteiger charge is -2.24. The monoisotopic (exact) mass is 503 g/mol. The Hall–Kier alpha value is -4.00. The van der Waals surface area contributed by atoms with Crippen molar-refractivity contribution in [2.24, 2.45) is 5.92 Å². The average Bonchev–Trinajstić information content (AvgIpc) is 2.87. The van der Waals surface area contributed by atoms with Crippen LogP contribution in [0.3, 0.4) is 0 Å². The van der Waals surface area contributed by atoms with Gasteiger partial charge in [0.2, 0.25) is 11.8 Å². The topological polar surface area (TPSA) is 104 Å². The molecule has 37 heavy (non-hydrogen) atoms. The Morgan fingerprint density at radius 2 is 1.46 bits per heavy atom. The lowest BCUT2D eigenvalue weighted by molar-refractivity contribution is -0.131. The van der Waals surface area contributed by atoms with Crippen molar-refractivity contribution in [2.75, 3.05) is 0 Å². The maximum atomic E-state index is 13.4. The van der Waals surface area contributed by atoms with Gasteiger partial charge in [0.25, 0.3) is 5.91 Å². The van der Waals surface area contributed by atoms with Crippen LogP contribution in [-0.4, -0.2) is 42.1 Å². The molecule has 0 saturated carbocycles. The number of rotatable bonds is 12. The summed E-state index contributed by atoms with van der Waals surface area (Å²) in [6.45, 7) is 12.8. The van der Waals surface area contributed by atoms with Crippen molar-refractivity contribution < 1.29 is 19.2 Å². The molecule has 0 aliphatic carbocycles. The summed E-state index contributed by atoms with van der Waals surface area (Å²) in [5, 5.41) is 8.18. The molecule has 7 heteroatoms. The van der Waals surface area contributed by atoms with Gasteiger partial charge in [0.15, 0.2) is 0 Å². The summed E-state index contributed by atoms with van der Waals surface area (Å²) in [6, 6.07) is 14.3. The molecule has 0 aromatic heterocycles. The summed E-state index contributed by atoms with van der Waals surface area (Å²) in [7, 11) is 0. The van der Waals surface area contributed by atoms with E-state index >= 15 is 0 Å². The van der Waals surface area contributed by atoms with Crippen LogP contribution in [-0.2, 0) is 25.6 Å². The van der Waals surface area contributed by atoms with E-state index in [9.17, 15) is 19.2 Å². The zero-order valence-corrected chi connectivity index (χ0v) is 22.2. The molecule has 0 aliphatic rings. The number of aldehydes is 1. The highest BCUT2D eigenvalue weighted by molar-refractivity contribution is 6.21. The highest BCUT2D eigenvalue weighted by atomic mass is 16.2. The minimum atomic E-state index is -0.941. The Kier molecular flexibility index (Phi) is 11.0. The normalized spacial score (nSPS) is 13.7. The molecule has 0 heterocycles. The van der Waals surface area contributed by atoms with Crippen molar-refractivity contribution in [1.82, 2.24) is 16.0 Å². The van der Waals surface area contributed by atoms with Crippen LogP contribution in [0.1, 0.15) is 51.3 Å². The molecular formula is C30H37N3O4. The van der Waals surface area contributed by atoms with E-state index < -0.39 is 35.8 Å². The van der Waals surface area contributed by atoms with E-state index in [2.05, 4.69) is 22.5 Å². The number of carbonyl (C=O) groups is 4. The molecule has 2 rings (SSSR count). The van der Waals surface area contributed by atoms with Gasteiger partial charge in [-0.1, -0.05) is 86.7 Å². The van der Waals surface area contributed by atoms with E-state index in [1.165, 1.54) is 6.92 Å². The molecule has 0 fully saturated rings. The second-order valence-corrected chi connectivity index (χ2v) is 9.39. The lowest BCUT2D eigenvalue weighted by atomic mass is 9.94. The minimum Gasteiger partial charge on any atom is -0.345 e. The summed E-state index contributed by atoms with van der Waals surface area (Å²) >= 11 is 0. The predicted molar refractivity (Wildman–Crippen MR) is 147 cm³/mol. The maximum absolute atomic E-state index is 13.4. The van der Waals surface area contributed by atoms with E-state index in [1.54, 1.807) is 13.0 Å². The van der Waals surface area contributed by atoms with E-state index in [1.807, 2.05) is 75.4 Å². The molecule has 3 amide bonds. The molecule has 3 unspecified atom stereocenters. The van der Waals surface area contributed by atoms with Gasteiger partial charge in [-0.05, 0) is 43.4 Å². The fourth-order valence-corrected chi connectivity index (χ4v) is 3.82. The van der Waals surface area contributed by atoms with Gasteiger partial charge in [-0.25, -0.2) is 0 Å². The molecule has 3 atom stereocenters. The number of benzene rings is 2. The van der Waals surface area contributed by atoms with Crippen molar-refractivity contribution in [3.63, 3.8) is 0 Å². The van der Waals surface area contributed by atoms with Crippen LogP contribution in [0.5, 0.6) is 0 Å².